The van der Waals surface area contributed by atoms with Gasteiger partial charge in [-0.05, 0) is 50.3 Å². The lowest BCUT2D eigenvalue weighted by atomic mass is 9.95. The topological polar surface area (TPSA) is 61.9 Å². The Morgan fingerprint density at radius 2 is 1.85 bits per heavy atom. The molecule has 2 aliphatic heterocycles. The van der Waals surface area contributed by atoms with Crippen LogP contribution in [0, 0.1) is 0 Å². The quantitative estimate of drug-likeness (QED) is 0.903. The van der Waals surface area contributed by atoms with E-state index in [0.29, 0.717) is 30.7 Å². The van der Waals surface area contributed by atoms with Gasteiger partial charge in [-0.1, -0.05) is 0 Å². The standard InChI is InChI=1S/C20H27N3O3/c1-22-10-9-19(24)21-17-13-14(5-6-18(17)22)20(25)23-11-7-16(8-12-23)26-15-3-2-4-15/h5-6,13,15-16H,2-4,7-12H2,1H3,(H,21,24). The molecule has 3 aliphatic rings. The molecule has 4 rings (SSSR count). The third kappa shape index (κ3) is 3.56. The highest BCUT2D eigenvalue weighted by atomic mass is 16.5. The van der Waals surface area contributed by atoms with Crippen LogP contribution in [0.2, 0.25) is 0 Å². The highest BCUT2D eigenvalue weighted by Gasteiger charge is 2.28. The summed E-state index contributed by atoms with van der Waals surface area (Å²) < 4.78 is 6.08. The monoisotopic (exact) mass is 357 g/mol. The van der Waals surface area contributed by atoms with Crippen molar-refractivity contribution in [3.63, 3.8) is 0 Å². The molecule has 0 spiro atoms. The van der Waals surface area contributed by atoms with E-state index < -0.39 is 0 Å². The van der Waals surface area contributed by atoms with Crippen LogP contribution in [0.3, 0.4) is 0 Å². The number of fused-ring (bicyclic) bond motifs is 1. The summed E-state index contributed by atoms with van der Waals surface area (Å²) in [5, 5.41) is 2.92. The number of rotatable bonds is 3. The second-order valence-electron chi connectivity index (χ2n) is 7.63. The first-order valence-corrected chi connectivity index (χ1v) is 9.70. The zero-order valence-electron chi connectivity index (χ0n) is 15.4. The van der Waals surface area contributed by atoms with Gasteiger partial charge in [-0.25, -0.2) is 0 Å². The average molecular weight is 357 g/mol. The number of ether oxygens (including phenoxy) is 1. The van der Waals surface area contributed by atoms with E-state index in [-0.39, 0.29) is 11.8 Å². The Balaban J connectivity index is 1.41. The van der Waals surface area contributed by atoms with Gasteiger partial charge in [0.05, 0.1) is 23.6 Å². The molecule has 140 valence electrons. The number of carbonyl (C=O) groups excluding carboxylic acids is 2. The first-order valence-electron chi connectivity index (χ1n) is 9.70. The second kappa shape index (κ2) is 7.27. The Hall–Kier alpha value is -2.08. The summed E-state index contributed by atoms with van der Waals surface area (Å²) in [7, 11) is 1.97. The molecular weight excluding hydrogens is 330 g/mol. The SMILES string of the molecule is CN1CCC(=O)Nc2cc(C(=O)N3CCC(OC4CCC4)CC3)ccc21. The number of nitrogens with zero attached hydrogens (tertiary/aromatic N) is 2. The summed E-state index contributed by atoms with van der Waals surface area (Å²) in [6, 6.07) is 5.61. The number of hydrogen-bond donors (Lipinski definition) is 1. The Morgan fingerprint density at radius 3 is 2.54 bits per heavy atom. The number of piperidine rings is 1. The molecule has 0 atom stereocenters. The van der Waals surface area contributed by atoms with Crippen molar-refractivity contribution in [2.24, 2.45) is 0 Å². The fourth-order valence-corrected chi connectivity index (χ4v) is 3.86. The minimum atomic E-state index is -0.00541. The summed E-state index contributed by atoms with van der Waals surface area (Å²) in [6.07, 6.45) is 6.69. The molecule has 1 aliphatic carbocycles. The van der Waals surface area contributed by atoms with Crippen molar-refractivity contribution in [3.05, 3.63) is 23.8 Å². The van der Waals surface area contributed by atoms with Gasteiger partial charge in [0.25, 0.3) is 5.91 Å². The summed E-state index contributed by atoms with van der Waals surface area (Å²) in [6.45, 7) is 2.15. The maximum Gasteiger partial charge on any atom is 0.253 e. The molecule has 0 bridgehead atoms. The smallest absolute Gasteiger partial charge is 0.253 e. The number of benzene rings is 1. The predicted molar refractivity (Wildman–Crippen MR) is 101 cm³/mol. The first-order chi connectivity index (χ1) is 12.6. The molecule has 0 unspecified atom stereocenters. The van der Waals surface area contributed by atoms with Crippen molar-refractivity contribution in [2.75, 3.05) is 36.9 Å². The van der Waals surface area contributed by atoms with E-state index in [9.17, 15) is 9.59 Å². The molecule has 1 saturated heterocycles. The van der Waals surface area contributed by atoms with Crippen molar-refractivity contribution in [2.45, 2.75) is 50.7 Å². The van der Waals surface area contributed by atoms with Crippen LogP contribution in [-0.2, 0) is 9.53 Å². The van der Waals surface area contributed by atoms with Crippen molar-refractivity contribution < 1.29 is 14.3 Å². The summed E-state index contributed by atoms with van der Waals surface area (Å²) in [4.78, 5) is 28.7. The highest BCUT2D eigenvalue weighted by Crippen LogP contribution is 2.30. The van der Waals surface area contributed by atoms with Crippen molar-refractivity contribution in [3.8, 4) is 0 Å². The van der Waals surface area contributed by atoms with E-state index in [4.69, 9.17) is 4.74 Å². The molecule has 1 aromatic carbocycles. The largest absolute Gasteiger partial charge is 0.375 e. The van der Waals surface area contributed by atoms with Crippen LogP contribution in [0.5, 0.6) is 0 Å². The molecule has 0 radical (unpaired) electrons. The minimum absolute atomic E-state index is 0.00541. The molecule has 26 heavy (non-hydrogen) atoms. The Labute approximate surface area is 154 Å². The molecule has 1 saturated carbocycles. The van der Waals surface area contributed by atoms with E-state index in [2.05, 4.69) is 5.32 Å². The fourth-order valence-electron chi connectivity index (χ4n) is 3.86. The lowest BCUT2D eigenvalue weighted by Gasteiger charge is -2.36. The molecule has 6 nitrogen and oxygen atoms in total. The zero-order valence-corrected chi connectivity index (χ0v) is 15.4. The molecule has 1 aromatic rings. The van der Waals surface area contributed by atoms with Crippen LogP contribution in [0.25, 0.3) is 0 Å². The van der Waals surface area contributed by atoms with Crippen molar-refractivity contribution in [1.29, 1.82) is 0 Å². The van der Waals surface area contributed by atoms with Crippen LogP contribution in [0.1, 0.15) is 48.9 Å². The number of hydrogen-bond acceptors (Lipinski definition) is 4. The summed E-state index contributed by atoms with van der Waals surface area (Å²) in [5.74, 6) is 0.0326. The van der Waals surface area contributed by atoms with E-state index in [0.717, 1.165) is 37.3 Å². The maximum atomic E-state index is 12.9. The van der Waals surface area contributed by atoms with Crippen molar-refractivity contribution in [1.82, 2.24) is 4.90 Å². The van der Waals surface area contributed by atoms with E-state index in [1.54, 1.807) is 0 Å². The second-order valence-corrected chi connectivity index (χ2v) is 7.63. The third-order valence-electron chi connectivity index (χ3n) is 5.77. The van der Waals surface area contributed by atoms with E-state index in [1.807, 2.05) is 35.0 Å². The van der Waals surface area contributed by atoms with Crippen LogP contribution >= 0.6 is 0 Å². The van der Waals surface area contributed by atoms with Gasteiger partial charge in [-0.15, -0.1) is 0 Å². The van der Waals surface area contributed by atoms with E-state index in [1.165, 1.54) is 19.3 Å². The summed E-state index contributed by atoms with van der Waals surface area (Å²) >= 11 is 0. The number of nitrogens with one attached hydrogen (secondary N) is 1. The number of anilines is 2. The van der Waals surface area contributed by atoms with Gasteiger partial charge in [0.1, 0.15) is 0 Å². The van der Waals surface area contributed by atoms with Crippen LogP contribution < -0.4 is 10.2 Å². The Kier molecular flexibility index (Phi) is 4.85. The zero-order chi connectivity index (χ0) is 18.1. The minimum Gasteiger partial charge on any atom is -0.375 e. The maximum absolute atomic E-state index is 12.9. The number of amides is 2. The Bertz CT molecular complexity index is 694. The van der Waals surface area contributed by atoms with Crippen LogP contribution in [-0.4, -0.2) is 55.6 Å². The molecule has 6 heteroatoms. The van der Waals surface area contributed by atoms with E-state index >= 15 is 0 Å². The Morgan fingerprint density at radius 1 is 1.12 bits per heavy atom. The van der Waals surface area contributed by atoms with Crippen molar-refractivity contribution >= 4 is 23.2 Å². The first kappa shape index (κ1) is 17.3. The normalized spacial score (nSPS) is 21.7. The molecule has 2 amide bonds. The van der Waals surface area contributed by atoms with Gasteiger partial charge >= 0.3 is 0 Å². The molecular formula is C20H27N3O3. The van der Waals surface area contributed by atoms with Crippen LogP contribution in [0.15, 0.2) is 18.2 Å². The highest BCUT2D eigenvalue weighted by molar-refractivity contribution is 6.00. The third-order valence-corrected chi connectivity index (χ3v) is 5.77. The lowest BCUT2D eigenvalue weighted by Crippen LogP contribution is -2.42. The van der Waals surface area contributed by atoms with Gasteiger partial charge in [0, 0.05) is 38.7 Å². The lowest BCUT2D eigenvalue weighted by molar-refractivity contribution is -0.115. The van der Waals surface area contributed by atoms with Gasteiger partial charge in [0.2, 0.25) is 5.91 Å². The molecule has 2 heterocycles. The van der Waals surface area contributed by atoms with Crippen LogP contribution in [0.4, 0.5) is 11.4 Å². The molecule has 2 fully saturated rings. The number of carbonyl (C=O) groups is 2. The number of likely N-dealkylation sites (tertiary alicyclic amines) is 1. The van der Waals surface area contributed by atoms with Gasteiger partial charge in [0.15, 0.2) is 0 Å². The summed E-state index contributed by atoms with van der Waals surface area (Å²) in [5.41, 5.74) is 2.32. The molecule has 0 aromatic heterocycles. The average Bonchev–Trinajstić information content (AvgIpc) is 2.76. The van der Waals surface area contributed by atoms with Gasteiger partial charge in [-0.3, -0.25) is 9.59 Å². The predicted octanol–water partition coefficient (Wildman–Crippen LogP) is 2.64. The molecule has 1 N–H and O–H groups in total. The fraction of sp³-hybridized carbons (Fsp3) is 0.600. The van der Waals surface area contributed by atoms with Gasteiger partial charge < -0.3 is 19.9 Å². The van der Waals surface area contributed by atoms with Gasteiger partial charge in [-0.2, -0.15) is 0 Å².